The van der Waals surface area contributed by atoms with Crippen LogP contribution in [0.3, 0.4) is 0 Å². The highest BCUT2D eigenvalue weighted by molar-refractivity contribution is 7.22. The number of anilines is 1. The number of amides is 2. The van der Waals surface area contributed by atoms with Gasteiger partial charge in [0.15, 0.2) is 5.13 Å². The number of aromatic nitrogens is 3. The van der Waals surface area contributed by atoms with Crippen LogP contribution in [0.4, 0.5) is 9.93 Å². The Balaban J connectivity index is 1.45. The first-order chi connectivity index (χ1) is 13.2. The molecule has 1 atom stereocenters. The number of carbonyl (C=O) groups excluding carboxylic acids is 1. The van der Waals surface area contributed by atoms with E-state index in [0.717, 1.165) is 33.7 Å². The SMILES string of the molecule is CCC(NC(=O)Nc1nc2ccccc2s1)c1ncc(-c2ccccc2)[nH]1. The molecule has 2 heterocycles. The Morgan fingerprint density at radius 3 is 2.70 bits per heavy atom. The largest absolute Gasteiger partial charge is 0.340 e. The van der Waals surface area contributed by atoms with Gasteiger partial charge in [0.05, 0.1) is 28.1 Å². The Labute approximate surface area is 160 Å². The quantitative estimate of drug-likeness (QED) is 0.460. The van der Waals surface area contributed by atoms with Crippen LogP contribution in [0.1, 0.15) is 25.2 Å². The zero-order chi connectivity index (χ0) is 18.6. The number of aromatic amines is 1. The predicted molar refractivity (Wildman–Crippen MR) is 109 cm³/mol. The number of thiazole rings is 1. The van der Waals surface area contributed by atoms with Crippen LogP contribution >= 0.6 is 11.3 Å². The molecule has 0 radical (unpaired) electrons. The Kier molecular flexibility index (Phi) is 4.84. The van der Waals surface area contributed by atoms with E-state index in [1.165, 1.54) is 11.3 Å². The van der Waals surface area contributed by atoms with Crippen molar-refractivity contribution in [3.05, 3.63) is 66.6 Å². The molecule has 6 nitrogen and oxygen atoms in total. The second-order valence-corrected chi connectivity index (χ2v) is 7.12. The molecule has 0 fully saturated rings. The maximum absolute atomic E-state index is 12.4. The van der Waals surface area contributed by atoms with Gasteiger partial charge < -0.3 is 10.3 Å². The first-order valence-electron chi connectivity index (χ1n) is 8.76. The maximum atomic E-state index is 12.4. The monoisotopic (exact) mass is 377 g/mol. The van der Waals surface area contributed by atoms with Crippen LogP contribution < -0.4 is 10.6 Å². The molecule has 0 spiro atoms. The number of imidazole rings is 1. The normalized spacial score (nSPS) is 12.0. The van der Waals surface area contributed by atoms with E-state index in [9.17, 15) is 4.79 Å². The fourth-order valence-electron chi connectivity index (χ4n) is 2.86. The van der Waals surface area contributed by atoms with Gasteiger partial charge in [0.25, 0.3) is 0 Å². The summed E-state index contributed by atoms with van der Waals surface area (Å²) in [6.07, 6.45) is 2.51. The standard InChI is InChI=1S/C20H19N5OS/c1-2-14(18-21-12-16(22-18)13-8-4-3-5-9-13)23-19(26)25-20-24-15-10-6-7-11-17(15)27-20/h3-12,14H,2H2,1H3,(H,21,22)(H2,23,24,25,26). The van der Waals surface area contributed by atoms with Crippen molar-refractivity contribution in [3.63, 3.8) is 0 Å². The number of benzene rings is 2. The molecule has 136 valence electrons. The van der Waals surface area contributed by atoms with E-state index < -0.39 is 0 Å². The lowest BCUT2D eigenvalue weighted by atomic mass is 10.2. The average Bonchev–Trinajstić information content (AvgIpc) is 3.33. The number of fused-ring (bicyclic) bond motifs is 1. The first-order valence-corrected chi connectivity index (χ1v) is 9.58. The Morgan fingerprint density at radius 2 is 1.93 bits per heavy atom. The van der Waals surface area contributed by atoms with Crippen molar-refractivity contribution in [3.8, 4) is 11.3 Å². The summed E-state index contributed by atoms with van der Waals surface area (Å²) < 4.78 is 1.04. The second-order valence-electron chi connectivity index (χ2n) is 6.09. The lowest BCUT2D eigenvalue weighted by molar-refractivity contribution is 0.247. The van der Waals surface area contributed by atoms with Crippen molar-refractivity contribution in [1.82, 2.24) is 20.3 Å². The number of nitrogens with one attached hydrogen (secondary N) is 3. The minimum absolute atomic E-state index is 0.211. The van der Waals surface area contributed by atoms with Gasteiger partial charge in [0, 0.05) is 0 Å². The molecule has 7 heteroatoms. The summed E-state index contributed by atoms with van der Waals surface area (Å²) in [7, 11) is 0. The van der Waals surface area contributed by atoms with E-state index in [4.69, 9.17) is 0 Å². The highest BCUT2D eigenvalue weighted by Crippen LogP contribution is 2.25. The van der Waals surface area contributed by atoms with Gasteiger partial charge in [-0.25, -0.2) is 14.8 Å². The lowest BCUT2D eigenvalue weighted by Gasteiger charge is -2.14. The molecule has 0 saturated heterocycles. The van der Waals surface area contributed by atoms with Crippen LogP contribution in [0.5, 0.6) is 0 Å². The van der Waals surface area contributed by atoms with E-state index in [1.54, 1.807) is 6.20 Å². The van der Waals surface area contributed by atoms with E-state index in [-0.39, 0.29) is 12.1 Å². The highest BCUT2D eigenvalue weighted by Gasteiger charge is 2.17. The number of carbonyl (C=O) groups is 1. The summed E-state index contributed by atoms with van der Waals surface area (Å²) in [5.74, 6) is 0.732. The summed E-state index contributed by atoms with van der Waals surface area (Å²) in [4.78, 5) is 24.6. The third-order valence-corrected chi connectivity index (χ3v) is 5.19. The number of para-hydroxylation sites is 1. The van der Waals surface area contributed by atoms with Crippen molar-refractivity contribution < 1.29 is 4.79 Å². The summed E-state index contributed by atoms with van der Waals surface area (Å²) in [6, 6.07) is 17.3. The Morgan fingerprint density at radius 1 is 1.15 bits per heavy atom. The molecule has 27 heavy (non-hydrogen) atoms. The van der Waals surface area contributed by atoms with Crippen molar-refractivity contribution in [2.75, 3.05) is 5.32 Å². The molecule has 2 aromatic carbocycles. The third-order valence-electron chi connectivity index (χ3n) is 4.24. The van der Waals surface area contributed by atoms with E-state index in [2.05, 4.69) is 25.6 Å². The number of urea groups is 1. The number of rotatable bonds is 5. The van der Waals surface area contributed by atoms with Crippen LogP contribution in [-0.4, -0.2) is 21.0 Å². The molecule has 1 unspecified atom stereocenters. The molecule has 2 amide bonds. The third kappa shape index (κ3) is 3.83. The summed E-state index contributed by atoms with van der Waals surface area (Å²) in [6.45, 7) is 2.01. The lowest BCUT2D eigenvalue weighted by Crippen LogP contribution is -2.32. The molecule has 0 aliphatic heterocycles. The van der Waals surface area contributed by atoms with Crippen LogP contribution in [0.2, 0.25) is 0 Å². The minimum atomic E-state index is -0.293. The van der Waals surface area contributed by atoms with Crippen molar-refractivity contribution in [2.45, 2.75) is 19.4 Å². The maximum Gasteiger partial charge on any atom is 0.321 e. The molecule has 4 rings (SSSR count). The fourth-order valence-corrected chi connectivity index (χ4v) is 3.72. The van der Waals surface area contributed by atoms with Crippen molar-refractivity contribution in [1.29, 1.82) is 0 Å². The zero-order valence-corrected chi connectivity index (χ0v) is 15.6. The van der Waals surface area contributed by atoms with Crippen LogP contribution in [0, 0.1) is 0 Å². The van der Waals surface area contributed by atoms with E-state index in [0.29, 0.717) is 5.13 Å². The predicted octanol–water partition coefficient (Wildman–Crippen LogP) is 4.96. The number of hydrogen-bond acceptors (Lipinski definition) is 4. The highest BCUT2D eigenvalue weighted by atomic mass is 32.1. The molecule has 0 aliphatic rings. The zero-order valence-electron chi connectivity index (χ0n) is 14.8. The van der Waals surface area contributed by atoms with Gasteiger partial charge in [0.2, 0.25) is 0 Å². The molecule has 0 aliphatic carbocycles. The molecule has 0 bridgehead atoms. The molecular weight excluding hydrogens is 358 g/mol. The van der Waals surface area contributed by atoms with Gasteiger partial charge in [-0.2, -0.15) is 0 Å². The van der Waals surface area contributed by atoms with E-state index >= 15 is 0 Å². The fraction of sp³-hybridized carbons (Fsp3) is 0.150. The van der Waals surface area contributed by atoms with Gasteiger partial charge >= 0.3 is 6.03 Å². The van der Waals surface area contributed by atoms with Gasteiger partial charge in [-0.3, -0.25) is 5.32 Å². The number of hydrogen-bond donors (Lipinski definition) is 3. The summed E-state index contributed by atoms with van der Waals surface area (Å²) in [5, 5.41) is 6.36. The van der Waals surface area contributed by atoms with Crippen LogP contribution in [-0.2, 0) is 0 Å². The van der Waals surface area contributed by atoms with E-state index in [1.807, 2.05) is 61.5 Å². The topological polar surface area (TPSA) is 82.7 Å². The number of nitrogens with zero attached hydrogens (tertiary/aromatic N) is 2. The Hall–Kier alpha value is -3.19. The summed E-state index contributed by atoms with van der Waals surface area (Å²) >= 11 is 1.45. The van der Waals surface area contributed by atoms with Crippen LogP contribution in [0.15, 0.2) is 60.8 Å². The molecule has 4 aromatic rings. The van der Waals surface area contributed by atoms with Gasteiger partial charge in [-0.15, -0.1) is 0 Å². The van der Waals surface area contributed by atoms with Gasteiger partial charge in [-0.05, 0) is 24.1 Å². The van der Waals surface area contributed by atoms with Crippen molar-refractivity contribution >= 4 is 32.7 Å². The first kappa shape index (κ1) is 17.2. The Bertz CT molecular complexity index is 1020. The average molecular weight is 377 g/mol. The van der Waals surface area contributed by atoms with Gasteiger partial charge in [-0.1, -0.05) is 60.7 Å². The molecule has 3 N–H and O–H groups in total. The van der Waals surface area contributed by atoms with Crippen molar-refractivity contribution in [2.24, 2.45) is 0 Å². The second kappa shape index (κ2) is 7.59. The smallest absolute Gasteiger partial charge is 0.321 e. The number of H-pyrrole nitrogens is 1. The van der Waals surface area contributed by atoms with Crippen LogP contribution in [0.25, 0.3) is 21.5 Å². The minimum Gasteiger partial charge on any atom is -0.340 e. The van der Waals surface area contributed by atoms with Gasteiger partial charge in [0.1, 0.15) is 5.82 Å². The summed E-state index contributed by atoms with van der Waals surface area (Å²) in [5.41, 5.74) is 2.87. The molecule has 0 saturated carbocycles. The molecular formula is C20H19N5OS. The molecule has 2 aromatic heterocycles.